The van der Waals surface area contributed by atoms with E-state index in [9.17, 15) is 14.3 Å². The number of likely N-dealkylation sites (N-methyl/N-ethyl adjacent to an activating group) is 1. The van der Waals surface area contributed by atoms with Gasteiger partial charge in [-0.05, 0) is 55.9 Å². The van der Waals surface area contributed by atoms with Crippen molar-refractivity contribution in [3.8, 4) is 5.75 Å². The Bertz CT molecular complexity index is 703. The maximum absolute atomic E-state index is 13.0. The summed E-state index contributed by atoms with van der Waals surface area (Å²) in [6, 6.07) is 12.9. The van der Waals surface area contributed by atoms with Crippen molar-refractivity contribution in [2.45, 2.75) is 19.1 Å². The molecule has 2 rings (SSSR count). The van der Waals surface area contributed by atoms with Crippen LogP contribution in [0.3, 0.4) is 0 Å². The molecule has 26 heavy (non-hydrogen) atoms. The van der Waals surface area contributed by atoms with Crippen molar-refractivity contribution < 1.29 is 23.8 Å². The highest BCUT2D eigenvalue weighted by Gasteiger charge is 2.16. The minimum absolute atomic E-state index is 0.0320. The predicted molar refractivity (Wildman–Crippen MR) is 96.7 cm³/mol. The summed E-state index contributed by atoms with van der Waals surface area (Å²) in [4.78, 5) is 13.4. The van der Waals surface area contributed by atoms with Gasteiger partial charge in [-0.15, -0.1) is 0 Å². The third kappa shape index (κ3) is 5.54. The van der Waals surface area contributed by atoms with Gasteiger partial charge >= 0.3 is 5.97 Å². The Kier molecular flexibility index (Phi) is 7.12. The maximum Gasteiger partial charge on any atom is 0.337 e. The molecular formula is C20H24FNO4. The van der Waals surface area contributed by atoms with Crippen LogP contribution in [0, 0.1) is 5.82 Å². The first kappa shape index (κ1) is 19.9. The van der Waals surface area contributed by atoms with E-state index in [0.717, 1.165) is 5.56 Å². The van der Waals surface area contributed by atoms with Gasteiger partial charge in [-0.1, -0.05) is 12.1 Å². The highest BCUT2D eigenvalue weighted by Crippen LogP contribution is 2.19. The number of carbonyl (C=O) groups is 1. The lowest BCUT2D eigenvalue weighted by molar-refractivity contribution is 0.0598. The van der Waals surface area contributed by atoms with Crippen LogP contribution < -0.4 is 4.74 Å². The van der Waals surface area contributed by atoms with Crippen molar-refractivity contribution in [2.75, 3.05) is 27.3 Å². The van der Waals surface area contributed by atoms with Gasteiger partial charge in [0, 0.05) is 12.6 Å². The molecule has 0 fully saturated rings. The molecule has 0 saturated heterocycles. The van der Waals surface area contributed by atoms with E-state index in [2.05, 4.69) is 4.74 Å². The number of hydrogen-bond donors (Lipinski definition) is 1. The number of carbonyl (C=O) groups excluding carboxylic acids is 1. The third-order valence-corrected chi connectivity index (χ3v) is 4.23. The molecule has 0 aliphatic heterocycles. The van der Waals surface area contributed by atoms with Crippen LogP contribution in [0.5, 0.6) is 5.75 Å². The summed E-state index contributed by atoms with van der Waals surface area (Å²) in [5.74, 6) is -0.116. The van der Waals surface area contributed by atoms with E-state index in [1.165, 1.54) is 19.2 Å². The highest BCUT2D eigenvalue weighted by atomic mass is 19.1. The van der Waals surface area contributed by atoms with E-state index in [0.29, 0.717) is 17.9 Å². The van der Waals surface area contributed by atoms with E-state index < -0.39 is 12.1 Å². The number of ether oxygens (including phenoxy) is 2. The standard InChI is InChI=1S/C20H24FNO4/c1-14(15-4-8-17(21)9-5-15)22(2)12-18(23)13-26-19-10-6-16(7-11-19)20(24)25-3/h4-11,14,18,23H,12-13H2,1-3H3/t14-,18+/m0/s1. The summed E-state index contributed by atoms with van der Waals surface area (Å²) in [5, 5.41) is 10.2. The number of halogens is 1. The lowest BCUT2D eigenvalue weighted by Crippen LogP contribution is -2.34. The van der Waals surface area contributed by atoms with Gasteiger partial charge in [-0.3, -0.25) is 4.90 Å². The van der Waals surface area contributed by atoms with Crippen LogP contribution >= 0.6 is 0 Å². The minimum Gasteiger partial charge on any atom is -0.491 e. The van der Waals surface area contributed by atoms with E-state index in [1.54, 1.807) is 36.4 Å². The molecule has 0 unspecified atom stereocenters. The SMILES string of the molecule is COC(=O)c1ccc(OC[C@H](O)CN(C)[C@@H](C)c2ccc(F)cc2)cc1. The molecule has 5 nitrogen and oxygen atoms in total. The van der Waals surface area contributed by atoms with Crippen LogP contribution in [0.15, 0.2) is 48.5 Å². The topological polar surface area (TPSA) is 59.0 Å². The molecule has 2 atom stereocenters. The second-order valence-corrected chi connectivity index (χ2v) is 6.15. The molecule has 0 saturated carbocycles. The first-order valence-electron chi connectivity index (χ1n) is 8.35. The van der Waals surface area contributed by atoms with Gasteiger partial charge in [-0.2, -0.15) is 0 Å². The highest BCUT2D eigenvalue weighted by molar-refractivity contribution is 5.89. The fourth-order valence-corrected chi connectivity index (χ4v) is 2.54. The molecule has 2 aromatic carbocycles. The van der Waals surface area contributed by atoms with Gasteiger partial charge in [0.25, 0.3) is 0 Å². The minimum atomic E-state index is -0.691. The van der Waals surface area contributed by atoms with Gasteiger partial charge in [0.2, 0.25) is 0 Å². The Morgan fingerprint density at radius 2 is 1.77 bits per heavy atom. The molecule has 0 amide bonds. The summed E-state index contributed by atoms with van der Waals surface area (Å²) in [5.41, 5.74) is 1.41. The zero-order chi connectivity index (χ0) is 19.1. The first-order valence-corrected chi connectivity index (χ1v) is 8.35. The molecule has 0 aliphatic rings. The zero-order valence-corrected chi connectivity index (χ0v) is 15.2. The summed E-state index contributed by atoms with van der Waals surface area (Å²) in [7, 11) is 3.22. The van der Waals surface area contributed by atoms with E-state index in [-0.39, 0.29) is 18.5 Å². The van der Waals surface area contributed by atoms with E-state index in [1.807, 2.05) is 18.9 Å². The van der Waals surface area contributed by atoms with Crippen molar-refractivity contribution in [1.82, 2.24) is 4.90 Å². The number of aliphatic hydroxyl groups excluding tert-OH is 1. The van der Waals surface area contributed by atoms with Gasteiger partial charge in [0.1, 0.15) is 24.3 Å². The molecular weight excluding hydrogens is 337 g/mol. The maximum atomic E-state index is 13.0. The fraction of sp³-hybridized carbons (Fsp3) is 0.350. The largest absolute Gasteiger partial charge is 0.491 e. The number of methoxy groups -OCH3 is 1. The average Bonchev–Trinajstić information content (AvgIpc) is 2.66. The van der Waals surface area contributed by atoms with Gasteiger partial charge < -0.3 is 14.6 Å². The second kappa shape index (κ2) is 9.31. The predicted octanol–water partition coefficient (Wildman–Crippen LogP) is 3.05. The molecule has 0 heterocycles. The molecule has 6 heteroatoms. The smallest absolute Gasteiger partial charge is 0.337 e. The molecule has 2 aromatic rings. The second-order valence-electron chi connectivity index (χ2n) is 6.15. The molecule has 0 radical (unpaired) electrons. The van der Waals surface area contributed by atoms with Crippen molar-refractivity contribution in [3.63, 3.8) is 0 Å². The first-order chi connectivity index (χ1) is 12.4. The molecule has 1 N–H and O–H groups in total. The van der Waals surface area contributed by atoms with Crippen LogP contribution in [0.1, 0.15) is 28.9 Å². The molecule has 0 spiro atoms. The van der Waals surface area contributed by atoms with Crippen LogP contribution in [0.2, 0.25) is 0 Å². The van der Waals surface area contributed by atoms with Crippen molar-refractivity contribution in [1.29, 1.82) is 0 Å². The van der Waals surface area contributed by atoms with Crippen LogP contribution in [-0.4, -0.2) is 49.4 Å². The van der Waals surface area contributed by atoms with Gasteiger partial charge in [0.15, 0.2) is 0 Å². The van der Waals surface area contributed by atoms with Crippen LogP contribution in [-0.2, 0) is 4.74 Å². The van der Waals surface area contributed by atoms with Crippen molar-refractivity contribution in [3.05, 3.63) is 65.5 Å². The lowest BCUT2D eigenvalue weighted by Gasteiger charge is -2.27. The van der Waals surface area contributed by atoms with Crippen molar-refractivity contribution >= 4 is 5.97 Å². The third-order valence-electron chi connectivity index (χ3n) is 4.23. The van der Waals surface area contributed by atoms with Gasteiger partial charge in [0.05, 0.1) is 12.7 Å². The molecule has 0 bridgehead atoms. The monoisotopic (exact) mass is 361 g/mol. The number of nitrogens with zero attached hydrogens (tertiary/aromatic N) is 1. The summed E-state index contributed by atoms with van der Waals surface area (Å²) in [6.07, 6.45) is -0.691. The number of aliphatic hydroxyl groups is 1. The average molecular weight is 361 g/mol. The fourth-order valence-electron chi connectivity index (χ4n) is 2.54. The zero-order valence-electron chi connectivity index (χ0n) is 15.2. The molecule has 140 valence electrons. The number of esters is 1. The molecule has 0 aromatic heterocycles. The Labute approximate surface area is 153 Å². The number of hydrogen-bond acceptors (Lipinski definition) is 5. The lowest BCUT2D eigenvalue weighted by atomic mass is 10.1. The Morgan fingerprint density at radius 1 is 1.15 bits per heavy atom. The quantitative estimate of drug-likeness (QED) is 0.733. The summed E-state index contributed by atoms with van der Waals surface area (Å²) in [6.45, 7) is 2.52. The normalized spacial score (nSPS) is 13.3. The number of rotatable bonds is 8. The number of benzene rings is 2. The molecule has 0 aliphatic carbocycles. The van der Waals surface area contributed by atoms with E-state index >= 15 is 0 Å². The summed E-state index contributed by atoms with van der Waals surface area (Å²) >= 11 is 0. The summed E-state index contributed by atoms with van der Waals surface area (Å²) < 4.78 is 23.2. The van der Waals surface area contributed by atoms with Crippen LogP contribution in [0.4, 0.5) is 4.39 Å². The van der Waals surface area contributed by atoms with Gasteiger partial charge in [-0.25, -0.2) is 9.18 Å². The Morgan fingerprint density at radius 3 is 2.35 bits per heavy atom. The van der Waals surface area contributed by atoms with E-state index in [4.69, 9.17) is 4.74 Å². The van der Waals surface area contributed by atoms with Crippen LogP contribution in [0.25, 0.3) is 0 Å². The Hall–Kier alpha value is -2.44. The Balaban J connectivity index is 1.83. The van der Waals surface area contributed by atoms with Crippen molar-refractivity contribution in [2.24, 2.45) is 0 Å².